The predicted octanol–water partition coefficient (Wildman–Crippen LogP) is 3.29. The summed E-state index contributed by atoms with van der Waals surface area (Å²) in [6.45, 7) is 8.16. The number of rotatable bonds is 5. The van der Waals surface area contributed by atoms with Gasteiger partial charge in [-0.25, -0.2) is 4.98 Å². The molecule has 0 fully saturated rings. The molecule has 114 valence electrons. The first-order valence-electron chi connectivity index (χ1n) is 7.22. The van der Waals surface area contributed by atoms with Crippen LogP contribution in [0.15, 0.2) is 18.2 Å². The third kappa shape index (κ3) is 2.86. The number of imidazole rings is 1. The van der Waals surface area contributed by atoms with Gasteiger partial charge in [-0.2, -0.15) is 0 Å². The van der Waals surface area contributed by atoms with Gasteiger partial charge in [0.2, 0.25) is 0 Å². The molecule has 0 aliphatic rings. The molecule has 5 nitrogen and oxygen atoms in total. The summed E-state index contributed by atoms with van der Waals surface area (Å²) < 4.78 is 12.4. The molecule has 5 heteroatoms. The summed E-state index contributed by atoms with van der Waals surface area (Å²) in [6, 6.07) is 5.97. The van der Waals surface area contributed by atoms with Crippen LogP contribution in [0.25, 0.3) is 11.0 Å². The Morgan fingerprint density at radius 3 is 2.62 bits per heavy atom. The fraction of sp³-hybridized carbons (Fsp3) is 0.500. The fourth-order valence-electron chi connectivity index (χ4n) is 2.44. The molecular formula is C16H22N2O3. The Bertz CT molecular complexity index is 646. The molecule has 2 rings (SSSR count). The minimum atomic E-state index is -0.397. The lowest BCUT2D eigenvalue weighted by Crippen LogP contribution is -2.18. The molecule has 0 aliphatic carbocycles. The Labute approximate surface area is 124 Å². The van der Waals surface area contributed by atoms with E-state index in [-0.39, 0.29) is 12.0 Å². The number of esters is 1. The number of benzene rings is 1. The van der Waals surface area contributed by atoms with Gasteiger partial charge in [-0.3, -0.25) is 4.79 Å². The topological polar surface area (TPSA) is 53.4 Å². The van der Waals surface area contributed by atoms with Crippen molar-refractivity contribution in [3.8, 4) is 5.75 Å². The average molecular weight is 290 g/mol. The first-order chi connectivity index (χ1) is 9.99. The zero-order valence-corrected chi connectivity index (χ0v) is 13.2. The van der Waals surface area contributed by atoms with Crippen LogP contribution in [0.5, 0.6) is 5.75 Å². The summed E-state index contributed by atoms with van der Waals surface area (Å²) in [4.78, 5) is 16.6. The van der Waals surface area contributed by atoms with E-state index in [1.807, 2.05) is 25.1 Å². The number of hydrogen-bond acceptors (Lipinski definition) is 4. The van der Waals surface area contributed by atoms with Crippen LogP contribution in [-0.2, 0) is 9.53 Å². The van der Waals surface area contributed by atoms with Crippen molar-refractivity contribution in [2.45, 2.75) is 39.7 Å². The van der Waals surface area contributed by atoms with Crippen LogP contribution in [0.1, 0.15) is 45.5 Å². The normalized spacial score (nSPS) is 12.7. The van der Waals surface area contributed by atoms with Gasteiger partial charge < -0.3 is 14.0 Å². The molecule has 1 unspecified atom stereocenters. The largest absolute Gasteiger partial charge is 0.497 e. The van der Waals surface area contributed by atoms with Crippen molar-refractivity contribution in [2.24, 2.45) is 0 Å². The van der Waals surface area contributed by atoms with E-state index in [0.717, 1.165) is 22.6 Å². The number of carbonyl (C=O) groups excluding carboxylic acids is 1. The summed E-state index contributed by atoms with van der Waals surface area (Å²) in [5, 5.41) is 0. The van der Waals surface area contributed by atoms with Gasteiger partial charge in [0.25, 0.3) is 0 Å². The van der Waals surface area contributed by atoms with Gasteiger partial charge in [0.15, 0.2) is 0 Å². The molecule has 0 saturated carbocycles. The lowest BCUT2D eigenvalue weighted by atomic mass is 10.1. The Kier molecular flexibility index (Phi) is 4.50. The van der Waals surface area contributed by atoms with Crippen LogP contribution in [0.4, 0.5) is 0 Å². The second kappa shape index (κ2) is 6.16. The van der Waals surface area contributed by atoms with Crippen molar-refractivity contribution >= 4 is 17.0 Å². The molecule has 2 aromatic rings. The molecule has 0 spiro atoms. The van der Waals surface area contributed by atoms with Gasteiger partial charge in [-0.1, -0.05) is 0 Å². The van der Waals surface area contributed by atoms with Crippen molar-refractivity contribution in [3.05, 3.63) is 24.0 Å². The minimum Gasteiger partial charge on any atom is -0.497 e. The molecule has 0 amide bonds. The molecule has 0 bridgehead atoms. The number of nitrogens with zero attached hydrogens (tertiary/aromatic N) is 2. The van der Waals surface area contributed by atoms with Gasteiger partial charge in [0, 0.05) is 12.1 Å². The number of methoxy groups -OCH3 is 1. The highest BCUT2D eigenvalue weighted by Gasteiger charge is 2.25. The third-order valence-corrected chi connectivity index (χ3v) is 3.47. The number of ether oxygens (including phenoxy) is 2. The Morgan fingerprint density at radius 2 is 2.05 bits per heavy atom. The van der Waals surface area contributed by atoms with Crippen LogP contribution in [0.3, 0.4) is 0 Å². The maximum Gasteiger partial charge on any atom is 0.316 e. The Morgan fingerprint density at radius 1 is 1.33 bits per heavy atom. The van der Waals surface area contributed by atoms with Crippen LogP contribution in [-0.4, -0.2) is 29.2 Å². The van der Waals surface area contributed by atoms with E-state index < -0.39 is 5.92 Å². The van der Waals surface area contributed by atoms with E-state index in [2.05, 4.69) is 23.4 Å². The van der Waals surface area contributed by atoms with Crippen LogP contribution < -0.4 is 4.74 Å². The first kappa shape index (κ1) is 15.4. The smallest absolute Gasteiger partial charge is 0.316 e. The van der Waals surface area contributed by atoms with E-state index in [4.69, 9.17) is 9.47 Å². The molecule has 0 saturated heterocycles. The number of fused-ring (bicyclic) bond motifs is 1. The van der Waals surface area contributed by atoms with E-state index in [1.165, 1.54) is 0 Å². The van der Waals surface area contributed by atoms with Gasteiger partial charge in [0.1, 0.15) is 17.5 Å². The van der Waals surface area contributed by atoms with Crippen molar-refractivity contribution < 1.29 is 14.3 Å². The highest BCUT2D eigenvalue weighted by molar-refractivity contribution is 5.82. The van der Waals surface area contributed by atoms with Crippen molar-refractivity contribution in [1.29, 1.82) is 0 Å². The molecule has 0 radical (unpaired) electrons. The summed E-state index contributed by atoms with van der Waals surface area (Å²) in [5.74, 6) is 0.838. The molecule has 1 atom stereocenters. The molecule has 1 heterocycles. The fourth-order valence-corrected chi connectivity index (χ4v) is 2.44. The zero-order valence-electron chi connectivity index (χ0n) is 13.2. The van der Waals surface area contributed by atoms with Gasteiger partial charge >= 0.3 is 5.97 Å². The molecule has 0 N–H and O–H groups in total. The van der Waals surface area contributed by atoms with Gasteiger partial charge in [0.05, 0.1) is 24.8 Å². The maximum absolute atomic E-state index is 12.0. The highest BCUT2D eigenvalue weighted by atomic mass is 16.5. The number of hydrogen-bond donors (Lipinski definition) is 0. The van der Waals surface area contributed by atoms with Crippen LogP contribution in [0, 0.1) is 0 Å². The molecule has 21 heavy (non-hydrogen) atoms. The third-order valence-electron chi connectivity index (χ3n) is 3.47. The van der Waals surface area contributed by atoms with E-state index >= 15 is 0 Å². The Balaban J connectivity index is 2.56. The van der Waals surface area contributed by atoms with E-state index in [1.54, 1.807) is 14.0 Å². The average Bonchev–Trinajstić information content (AvgIpc) is 2.84. The monoisotopic (exact) mass is 290 g/mol. The minimum absolute atomic E-state index is 0.204. The standard InChI is InChI=1S/C16H22N2O3/c1-6-21-16(19)11(4)15-17-13-9-12(20-5)7-8-14(13)18(15)10(2)3/h7-11H,6H2,1-5H3. The van der Waals surface area contributed by atoms with Gasteiger partial charge in [-0.05, 0) is 39.8 Å². The van der Waals surface area contributed by atoms with E-state index in [9.17, 15) is 4.79 Å². The summed E-state index contributed by atoms with van der Waals surface area (Å²) in [7, 11) is 1.63. The summed E-state index contributed by atoms with van der Waals surface area (Å²) in [6.07, 6.45) is 0. The first-order valence-corrected chi connectivity index (χ1v) is 7.22. The molecular weight excluding hydrogens is 268 g/mol. The lowest BCUT2D eigenvalue weighted by Gasteiger charge is -2.16. The number of aromatic nitrogens is 2. The summed E-state index contributed by atoms with van der Waals surface area (Å²) >= 11 is 0. The maximum atomic E-state index is 12.0. The SMILES string of the molecule is CCOC(=O)C(C)c1nc2cc(OC)ccc2n1C(C)C. The van der Waals surface area contributed by atoms with Crippen molar-refractivity contribution in [2.75, 3.05) is 13.7 Å². The van der Waals surface area contributed by atoms with Crippen LogP contribution in [0.2, 0.25) is 0 Å². The summed E-state index contributed by atoms with van der Waals surface area (Å²) in [5.41, 5.74) is 1.83. The molecule has 1 aromatic carbocycles. The second-order valence-electron chi connectivity index (χ2n) is 5.26. The zero-order chi connectivity index (χ0) is 15.6. The molecule has 0 aliphatic heterocycles. The predicted molar refractivity (Wildman–Crippen MR) is 81.7 cm³/mol. The molecule has 1 aromatic heterocycles. The van der Waals surface area contributed by atoms with Gasteiger partial charge in [-0.15, -0.1) is 0 Å². The lowest BCUT2D eigenvalue weighted by molar-refractivity contribution is -0.144. The van der Waals surface area contributed by atoms with Crippen LogP contribution >= 0.6 is 0 Å². The van der Waals surface area contributed by atoms with Crippen molar-refractivity contribution in [3.63, 3.8) is 0 Å². The second-order valence-corrected chi connectivity index (χ2v) is 5.26. The van der Waals surface area contributed by atoms with Crippen molar-refractivity contribution in [1.82, 2.24) is 9.55 Å². The van der Waals surface area contributed by atoms with E-state index in [0.29, 0.717) is 6.61 Å². The Hall–Kier alpha value is -2.04. The highest BCUT2D eigenvalue weighted by Crippen LogP contribution is 2.29. The number of carbonyl (C=O) groups is 1. The quantitative estimate of drug-likeness (QED) is 0.793.